The molecule has 2 aromatic carbocycles. The molecule has 0 aliphatic rings. The number of fused-ring (bicyclic) bond motifs is 1. The summed E-state index contributed by atoms with van der Waals surface area (Å²) in [5.41, 5.74) is 1.07. The van der Waals surface area contributed by atoms with Gasteiger partial charge in [0, 0.05) is 23.1 Å². The van der Waals surface area contributed by atoms with E-state index in [0.717, 1.165) is 5.52 Å². The Bertz CT molecular complexity index is 879. The molecule has 1 amide bonds. The molecule has 0 spiro atoms. The number of hydrogen-bond donors (Lipinski definition) is 1. The number of amides is 1. The van der Waals surface area contributed by atoms with E-state index in [-0.39, 0.29) is 5.91 Å². The average molecular weight is 342 g/mol. The van der Waals surface area contributed by atoms with E-state index in [1.807, 2.05) is 6.07 Å². The van der Waals surface area contributed by atoms with E-state index >= 15 is 0 Å². The van der Waals surface area contributed by atoms with Crippen molar-refractivity contribution < 1.29 is 9.53 Å². The quantitative estimate of drug-likeness (QED) is 0.776. The monoisotopic (exact) mass is 341 g/mol. The standard InChI is InChI=1S/C18H16ClN3O2/c1-18(2,24-14-6-3-12(19)4-7-14)17(23)22-13-5-8-15-16(11-13)21-10-9-20-15/h3-11H,1-2H3,(H,22,23). The van der Waals surface area contributed by atoms with E-state index in [0.29, 0.717) is 22.0 Å². The molecule has 122 valence electrons. The molecule has 0 saturated carbocycles. The largest absolute Gasteiger partial charge is 0.478 e. The highest BCUT2D eigenvalue weighted by atomic mass is 35.5. The van der Waals surface area contributed by atoms with E-state index in [1.54, 1.807) is 62.6 Å². The van der Waals surface area contributed by atoms with Crippen LogP contribution in [0.3, 0.4) is 0 Å². The van der Waals surface area contributed by atoms with Gasteiger partial charge in [-0.25, -0.2) is 0 Å². The van der Waals surface area contributed by atoms with Gasteiger partial charge in [0.05, 0.1) is 11.0 Å². The van der Waals surface area contributed by atoms with Gasteiger partial charge in [-0.15, -0.1) is 0 Å². The zero-order valence-electron chi connectivity index (χ0n) is 13.3. The summed E-state index contributed by atoms with van der Waals surface area (Å²) in [6.45, 7) is 3.41. The van der Waals surface area contributed by atoms with Crippen LogP contribution >= 0.6 is 11.6 Å². The minimum absolute atomic E-state index is 0.263. The van der Waals surface area contributed by atoms with E-state index < -0.39 is 5.60 Å². The number of carbonyl (C=O) groups is 1. The van der Waals surface area contributed by atoms with E-state index in [2.05, 4.69) is 15.3 Å². The molecule has 1 aromatic heterocycles. The van der Waals surface area contributed by atoms with E-state index in [1.165, 1.54) is 0 Å². The van der Waals surface area contributed by atoms with Crippen LogP contribution in [0.25, 0.3) is 11.0 Å². The first-order chi connectivity index (χ1) is 11.4. The van der Waals surface area contributed by atoms with Crippen LogP contribution in [0.2, 0.25) is 5.02 Å². The number of halogens is 1. The summed E-state index contributed by atoms with van der Waals surface area (Å²) in [7, 11) is 0. The normalized spacial score (nSPS) is 11.3. The molecule has 1 heterocycles. The second-order valence-corrected chi connectivity index (χ2v) is 6.22. The van der Waals surface area contributed by atoms with Gasteiger partial charge in [0.1, 0.15) is 5.75 Å². The van der Waals surface area contributed by atoms with Crippen LogP contribution in [0.4, 0.5) is 5.69 Å². The summed E-state index contributed by atoms with van der Waals surface area (Å²) in [6.07, 6.45) is 3.24. The number of benzene rings is 2. The predicted octanol–water partition coefficient (Wildman–Crippen LogP) is 4.08. The second-order valence-electron chi connectivity index (χ2n) is 5.78. The first-order valence-electron chi connectivity index (χ1n) is 7.41. The molecule has 6 heteroatoms. The topological polar surface area (TPSA) is 64.1 Å². The van der Waals surface area contributed by atoms with Gasteiger partial charge in [-0.05, 0) is 56.3 Å². The molecule has 0 saturated heterocycles. The maximum absolute atomic E-state index is 12.5. The van der Waals surface area contributed by atoms with Crippen LogP contribution in [0.5, 0.6) is 5.75 Å². The highest BCUT2D eigenvalue weighted by Crippen LogP contribution is 2.23. The maximum Gasteiger partial charge on any atom is 0.267 e. The van der Waals surface area contributed by atoms with Gasteiger partial charge in [-0.1, -0.05) is 11.6 Å². The number of nitrogens with zero attached hydrogens (tertiary/aromatic N) is 2. The van der Waals surface area contributed by atoms with Crippen molar-refractivity contribution in [2.75, 3.05) is 5.32 Å². The van der Waals surface area contributed by atoms with Crippen LogP contribution in [0, 0.1) is 0 Å². The lowest BCUT2D eigenvalue weighted by molar-refractivity contribution is -0.128. The Hall–Kier alpha value is -2.66. The Morgan fingerprint density at radius 1 is 1.04 bits per heavy atom. The van der Waals surface area contributed by atoms with Crippen LogP contribution < -0.4 is 10.1 Å². The van der Waals surface area contributed by atoms with Gasteiger partial charge in [0.2, 0.25) is 0 Å². The summed E-state index contributed by atoms with van der Waals surface area (Å²) in [5, 5.41) is 3.46. The number of nitrogens with one attached hydrogen (secondary N) is 1. The van der Waals surface area contributed by atoms with Gasteiger partial charge in [-0.2, -0.15) is 0 Å². The molecule has 0 unspecified atom stereocenters. The van der Waals surface area contributed by atoms with Crippen molar-refractivity contribution in [1.29, 1.82) is 0 Å². The first-order valence-corrected chi connectivity index (χ1v) is 7.79. The molecule has 0 aliphatic carbocycles. The molecular formula is C18H16ClN3O2. The van der Waals surface area contributed by atoms with Crippen molar-refractivity contribution in [3.8, 4) is 5.75 Å². The molecule has 3 rings (SSSR count). The minimum Gasteiger partial charge on any atom is -0.478 e. The van der Waals surface area contributed by atoms with Gasteiger partial charge >= 0.3 is 0 Å². The third-order valence-corrected chi connectivity index (χ3v) is 3.71. The summed E-state index contributed by atoms with van der Waals surface area (Å²) in [6, 6.07) is 12.3. The van der Waals surface area contributed by atoms with Gasteiger partial charge < -0.3 is 10.1 Å². The Morgan fingerprint density at radius 3 is 2.42 bits per heavy atom. The fourth-order valence-corrected chi connectivity index (χ4v) is 2.29. The first kappa shape index (κ1) is 16.2. The third-order valence-electron chi connectivity index (χ3n) is 3.46. The lowest BCUT2D eigenvalue weighted by atomic mass is 10.1. The third kappa shape index (κ3) is 3.63. The van der Waals surface area contributed by atoms with Crippen LogP contribution in [-0.2, 0) is 4.79 Å². The number of carbonyl (C=O) groups excluding carboxylic acids is 1. The Labute approximate surface area is 144 Å². The molecule has 3 aromatic rings. The molecule has 5 nitrogen and oxygen atoms in total. The average Bonchev–Trinajstić information content (AvgIpc) is 2.56. The summed E-state index contributed by atoms with van der Waals surface area (Å²) in [4.78, 5) is 21.0. The molecule has 0 radical (unpaired) electrons. The summed E-state index contributed by atoms with van der Waals surface area (Å²) < 4.78 is 5.78. The summed E-state index contributed by atoms with van der Waals surface area (Å²) in [5.74, 6) is 0.310. The molecule has 24 heavy (non-hydrogen) atoms. The van der Waals surface area contributed by atoms with Gasteiger partial charge in [0.25, 0.3) is 5.91 Å². The molecule has 1 N–H and O–H groups in total. The molecule has 0 fully saturated rings. The summed E-state index contributed by atoms with van der Waals surface area (Å²) >= 11 is 5.85. The maximum atomic E-state index is 12.5. The fraction of sp³-hybridized carbons (Fsp3) is 0.167. The van der Waals surface area contributed by atoms with Crippen LogP contribution in [0.1, 0.15) is 13.8 Å². The zero-order valence-corrected chi connectivity index (χ0v) is 14.0. The lowest BCUT2D eigenvalue weighted by Crippen LogP contribution is -2.42. The molecule has 0 bridgehead atoms. The number of hydrogen-bond acceptors (Lipinski definition) is 4. The van der Waals surface area contributed by atoms with Crippen molar-refractivity contribution in [2.24, 2.45) is 0 Å². The minimum atomic E-state index is -1.05. The van der Waals surface area contributed by atoms with Crippen molar-refractivity contribution in [1.82, 2.24) is 9.97 Å². The number of aromatic nitrogens is 2. The molecular weight excluding hydrogens is 326 g/mol. The van der Waals surface area contributed by atoms with Crippen molar-refractivity contribution >= 4 is 34.2 Å². The Kier molecular flexibility index (Phi) is 4.36. The Morgan fingerprint density at radius 2 is 1.71 bits per heavy atom. The number of anilines is 1. The van der Waals surface area contributed by atoms with Gasteiger partial charge in [-0.3, -0.25) is 14.8 Å². The lowest BCUT2D eigenvalue weighted by Gasteiger charge is -2.25. The van der Waals surface area contributed by atoms with Crippen LogP contribution in [-0.4, -0.2) is 21.5 Å². The molecule has 0 aliphatic heterocycles. The van der Waals surface area contributed by atoms with Crippen molar-refractivity contribution in [3.05, 3.63) is 59.9 Å². The second kappa shape index (κ2) is 6.45. The number of ether oxygens (including phenoxy) is 1. The van der Waals surface area contributed by atoms with Crippen LogP contribution in [0.15, 0.2) is 54.9 Å². The van der Waals surface area contributed by atoms with Gasteiger partial charge in [0.15, 0.2) is 5.60 Å². The predicted molar refractivity (Wildman–Crippen MR) is 94.3 cm³/mol. The smallest absolute Gasteiger partial charge is 0.267 e. The highest BCUT2D eigenvalue weighted by molar-refractivity contribution is 6.30. The number of rotatable bonds is 4. The fourth-order valence-electron chi connectivity index (χ4n) is 2.17. The SMILES string of the molecule is CC(C)(Oc1ccc(Cl)cc1)C(=O)Nc1ccc2nccnc2c1. The molecule has 0 atom stereocenters. The zero-order chi connectivity index (χ0) is 17.2. The van der Waals surface area contributed by atoms with E-state index in [9.17, 15) is 4.79 Å². The van der Waals surface area contributed by atoms with Crippen molar-refractivity contribution in [2.45, 2.75) is 19.4 Å². The van der Waals surface area contributed by atoms with Crippen molar-refractivity contribution in [3.63, 3.8) is 0 Å². The van der Waals surface area contributed by atoms with E-state index in [4.69, 9.17) is 16.3 Å². The highest BCUT2D eigenvalue weighted by Gasteiger charge is 2.30. The Balaban J connectivity index is 1.75.